The number of rotatable bonds is 7. The third kappa shape index (κ3) is 3.61. The van der Waals surface area contributed by atoms with Crippen LogP contribution in [0.25, 0.3) is 10.9 Å². The molecule has 0 saturated heterocycles. The van der Waals surface area contributed by atoms with E-state index in [4.69, 9.17) is 9.84 Å². The highest BCUT2D eigenvalue weighted by molar-refractivity contribution is 5.81. The fourth-order valence-electron chi connectivity index (χ4n) is 2.47. The summed E-state index contributed by atoms with van der Waals surface area (Å²) in [6.45, 7) is 7.37. The average molecular weight is 289 g/mol. The Labute approximate surface area is 125 Å². The minimum absolute atomic E-state index is 0.169. The molecule has 0 N–H and O–H groups in total. The maximum atomic E-state index is 11.3. The highest BCUT2D eigenvalue weighted by Gasteiger charge is 2.13. The third-order valence-electron chi connectivity index (χ3n) is 3.71. The van der Waals surface area contributed by atoms with Crippen LogP contribution in [0.2, 0.25) is 0 Å². The Bertz CT molecular complexity index is 607. The molecule has 114 valence electrons. The Kier molecular flexibility index (Phi) is 5.33. The monoisotopic (exact) mass is 289 g/mol. The Morgan fingerprint density at radius 3 is 2.76 bits per heavy atom. The number of benzene rings is 1. The van der Waals surface area contributed by atoms with Crippen LogP contribution in [0.4, 0.5) is 0 Å². The van der Waals surface area contributed by atoms with Crippen molar-refractivity contribution >= 4 is 16.9 Å². The number of methoxy groups -OCH3 is 1. The van der Waals surface area contributed by atoms with E-state index in [-0.39, 0.29) is 5.97 Å². The SMILES string of the molecule is CCN(CCC(=O)OC)Cc1nn(CC)c2ccccc12. The lowest BCUT2D eigenvalue weighted by Crippen LogP contribution is -2.26. The van der Waals surface area contributed by atoms with E-state index in [9.17, 15) is 4.79 Å². The normalized spacial score (nSPS) is 11.2. The van der Waals surface area contributed by atoms with Gasteiger partial charge in [0.25, 0.3) is 0 Å². The number of esters is 1. The van der Waals surface area contributed by atoms with Gasteiger partial charge in [0, 0.05) is 25.0 Å². The van der Waals surface area contributed by atoms with Gasteiger partial charge >= 0.3 is 5.97 Å². The molecule has 0 radical (unpaired) electrons. The number of carbonyl (C=O) groups excluding carboxylic acids is 1. The van der Waals surface area contributed by atoms with Crippen LogP contribution in [-0.4, -0.2) is 40.8 Å². The quantitative estimate of drug-likeness (QED) is 0.735. The summed E-state index contributed by atoms with van der Waals surface area (Å²) in [5.41, 5.74) is 2.23. The fraction of sp³-hybridized carbons (Fsp3) is 0.500. The number of hydrogen-bond donors (Lipinski definition) is 0. The molecule has 0 aliphatic heterocycles. The summed E-state index contributed by atoms with van der Waals surface area (Å²) in [5, 5.41) is 5.89. The molecule has 1 heterocycles. The van der Waals surface area contributed by atoms with Crippen molar-refractivity contribution in [2.24, 2.45) is 0 Å². The van der Waals surface area contributed by atoms with E-state index in [2.05, 4.69) is 30.9 Å². The summed E-state index contributed by atoms with van der Waals surface area (Å²) in [4.78, 5) is 13.5. The molecule has 0 atom stereocenters. The van der Waals surface area contributed by atoms with Gasteiger partial charge in [0.05, 0.1) is 24.7 Å². The average Bonchev–Trinajstić information content (AvgIpc) is 2.89. The van der Waals surface area contributed by atoms with E-state index in [1.165, 1.54) is 18.0 Å². The van der Waals surface area contributed by atoms with Crippen LogP contribution in [0.3, 0.4) is 0 Å². The lowest BCUT2D eigenvalue weighted by molar-refractivity contribution is -0.141. The van der Waals surface area contributed by atoms with Gasteiger partial charge in [0.15, 0.2) is 0 Å². The zero-order chi connectivity index (χ0) is 15.2. The molecule has 21 heavy (non-hydrogen) atoms. The van der Waals surface area contributed by atoms with Crippen molar-refractivity contribution in [3.63, 3.8) is 0 Å². The molecule has 2 rings (SSSR count). The maximum absolute atomic E-state index is 11.3. The summed E-state index contributed by atoms with van der Waals surface area (Å²) in [6.07, 6.45) is 0.413. The largest absolute Gasteiger partial charge is 0.469 e. The smallest absolute Gasteiger partial charge is 0.306 e. The second-order valence-corrected chi connectivity index (χ2v) is 4.97. The van der Waals surface area contributed by atoms with Crippen molar-refractivity contribution in [2.75, 3.05) is 20.2 Å². The molecule has 0 aliphatic rings. The lowest BCUT2D eigenvalue weighted by atomic mass is 10.2. The van der Waals surface area contributed by atoms with Crippen LogP contribution < -0.4 is 0 Å². The van der Waals surface area contributed by atoms with Gasteiger partial charge in [0.1, 0.15) is 0 Å². The van der Waals surface area contributed by atoms with Gasteiger partial charge in [-0.2, -0.15) is 5.10 Å². The second kappa shape index (κ2) is 7.22. The van der Waals surface area contributed by atoms with E-state index in [1.54, 1.807) is 0 Å². The van der Waals surface area contributed by atoms with Crippen LogP contribution in [-0.2, 0) is 22.6 Å². The molecule has 0 bridgehead atoms. The number of aromatic nitrogens is 2. The van der Waals surface area contributed by atoms with Crippen molar-refractivity contribution in [1.29, 1.82) is 0 Å². The van der Waals surface area contributed by atoms with E-state index in [1.807, 2.05) is 16.8 Å². The molecular weight excluding hydrogens is 266 g/mol. The molecule has 1 aromatic heterocycles. The standard InChI is InChI=1S/C16H23N3O2/c1-4-18(11-10-16(20)21-3)12-14-13-8-6-7-9-15(13)19(5-2)17-14/h6-9H,4-5,10-12H2,1-3H3. The molecule has 0 amide bonds. The van der Waals surface area contributed by atoms with Gasteiger partial charge in [-0.15, -0.1) is 0 Å². The predicted octanol–water partition coefficient (Wildman–Crippen LogP) is 2.44. The van der Waals surface area contributed by atoms with Crippen LogP contribution in [0.1, 0.15) is 26.0 Å². The molecule has 2 aromatic rings. The maximum Gasteiger partial charge on any atom is 0.306 e. The number of carbonyl (C=O) groups is 1. The van der Waals surface area contributed by atoms with Crippen molar-refractivity contribution in [3.05, 3.63) is 30.0 Å². The van der Waals surface area contributed by atoms with Crippen LogP contribution in [0, 0.1) is 0 Å². The van der Waals surface area contributed by atoms with Crippen molar-refractivity contribution in [3.8, 4) is 0 Å². The summed E-state index contributed by atoms with van der Waals surface area (Å²) < 4.78 is 6.73. The van der Waals surface area contributed by atoms with Crippen LogP contribution in [0.15, 0.2) is 24.3 Å². The lowest BCUT2D eigenvalue weighted by Gasteiger charge is -2.18. The number of para-hydroxylation sites is 1. The minimum Gasteiger partial charge on any atom is -0.469 e. The zero-order valence-electron chi connectivity index (χ0n) is 13.0. The first-order chi connectivity index (χ1) is 10.2. The fourth-order valence-corrected chi connectivity index (χ4v) is 2.47. The molecule has 5 heteroatoms. The Balaban J connectivity index is 2.15. The Morgan fingerprint density at radius 2 is 2.10 bits per heavy atom. The molecule has 0 unspecified atom stereocenters. The van der Waals surface area contributed by atoms with Gasteiger partial charge in [-0.25, -0.2) is 0 Å². The van der Waals surface area contributed by atoms with Gasteiger partial charge in [0.2, 0.25) is 0 Å². The summed E-state index contributed by atoms with van der Waals surface area (Å²) in [5.74, 6) is -0.169. The minimum atomic E-state index is -0.169. The molecule has 0 spiro atoms. The molecule has 0 saturated carbocycles. The van der Waals surface area contributed by atoms with Gasteiger partial charge < -0.3 is 4.74 Å². The topological polar surface area (TPSA) is 47.4 Å². The molecular formula is C16H23N3O2. The van der Waals surface area contributed by atoms with Crippen molar-refractivity contribution < 1.29 is 9.53 Å². The highest BCUT2D eigenvalue weighted by atomic mass is 16.5. The van der Waals surface area contributed by atoms with Gasteiger partial charge in [-0.3, -0.25) is 14.4 Å². The second-order valence-electron chi connectivity index (χ2n) is 4.97. The number of hydrogen-bond acceptors (Lipinski definition) is 4. The first-order valence-corrected chi connectivity index (χ1v) is 7.43. The summed E-state index contributed by atoms with van der Waals surface area (Å²) >= 11 is 0. The molecule has 0 fully saturated rings. The van der Waals surface area contributed by atoms with Crippen molar-refractivity contribution in [2.45, 2.75) is 33.4 Å². The Morgan fingerprint density at radius 1 is 1.33 bits per heavy atom. The summed E-state index contributed by atoms with van der Waals surface area (Å²) in [7, 11) is 1.43. The van der Waals surface area contributed by atoms with E-state index < -0.39 is 0 Å². The highest BCUT2D eigenvalue weighted by Crippen LogP contribution is 2.19. The van der Waals surface area contributed by atoms with E-state index in [0.717, 1.165) is 25.3 Å². The zero-order valence-corrected chi connectivity index (χ0v) is 13.0. The van der Waals surface area contributed by atoms with Gasteiger partial charge in [-0.05, 0) is 19.5 Å². The molecule has 0 aliphatic carbocycles. The van der Waals surface area contributed by atoms with Crippen LogP contribution in [0.5, 0.6) is 0 Å². The first kappa shape index (κ1) is 15.5. The number of fused-ring (bicyclic) bond motifs is 1. The van der Waals surface area contributed by atoms with Crippen LogP contribution >= 0.6 is 0 Å². The first-order valence-electron chi connectivity index (χ1n) is 7.43. The number of ether oxygens (including phenoxy) is 1. The molecule has 5 nitrogen and oxygen atoms in total. The van der Waals surface area contributed by atoms with Gasteiger partial charge in [-0.1, -0.05) is 25.1 Å². The molecule has 1 aromatic carbocycles. The summed E-state index contributed by atoms with van der Waals surface area (Å²) in [6, 6.07) is 8.28. The number of aryl methyl sites for hydroxylation is 1. The third-order valence-corrected chi connectivity index (χ3v) is 3.71. The Hall–Kier alpha value is -1.88. The van der Waals surface area contributed by atoms with E-state index >= 15 is 0 Å². The predicted molar refractivity (Wildman–Crippen MR) is 83.0 cm³/mol. The van der Waals surface area contributed by atoms with E-state index in [0.29, 0.717) is 13.0 Å². The number of nitrogens with zero attached hydrogens (tertiary/aromatic N) is 3. The van der Waals surface area contributed by atoms with Crippen molar-refractivity contribution in [1.82, 2.24) is 14.7 Å².